The molecule has 1 amide bonds. The summed E-state index contributed by atoms with van der Waals surface area (Å²) in [6.07, 6.45) is 0. The summed E-state index contributed by atoms with van der Waals surface area (Å²) in [4.78, 5) is 35.8. The van der Waals surface area contributed by atoms with Crippen molar-refractivity contribution in [2.75, 3.05) is 25.6 Å². The Morgan fingerprint density at radius 2 is 1.78 bits per heavy atom. The number of carbonyl (C=O) groups excluding carboxylic acids is 3. The Morgan fingerprint density at radius 1 is 1.04 bits per heavy atom. The molecule has 0 unspecified atom stereocenters. The normalized spacial score (nSPS) is 10.0. The SMILES string of the molecule is CCOc1ccc(C(=O)OCC(=O)Nc2ccccc2C(C)=O)cc1OC. The van der Waals surface area contributed by atoms with Gasteiger partial charge in [-0.15, -0.1) is 0 Å². The second-order valence-corrected chi connectivity index (χ2v) is 5.52. The molecule has 2 aromatic rings. The first-order valence-corrected chi connectivity index (χ1v) is 8.34. The Labute approximate surface area is 157 Å². The number of amides is 1. The minimum Gasteiger partial charge on any atom is -0.493 e. The maximum atomic E-state index is 12.2. The highest BCUT2D eigenvalue weighted by Gasteiger charge is 2.15. The average Bonchev–Trinajstić information content (AvgIpc) is 2.66. The lowest BCUT2D eigenvalue weighted by Crippen LogP contribution is -2.22. The van der Waals surface area contributed by atoms with E-state index in [1.54, 1.807) is 30.3 Å². The number of methoxy groups -OCH3 is 1. The van der Waals surface area contributed by atoms with Crippen molar-refractivity contribution in [3.05, 3.63) is 53.6 Å². The summed E-state index contributed by atoms with van der Waals surface area (Å²) in [5.74, 6) is -0.494. The van der Waals surface area contributed by atoms with Crippen LogP contribution in [0.5, 0.6) is 11.5 Å². The van der Waals surface area contributed by atoms with Gasteiger partial charge in [-0.3, -0.25) is 9.59 Å². The second-order valence-electron chi connectivity index (χ2n) is 5.52. The van der Waals surface area contributed by atoms with Gasteiger partial charge in [-0.05, 0) is 44.2 Å². The molecule has 2 rings (SSSR count). The molecule has 0 aliphatic heterocycles. The van der Waals surface area contributed by atoms with Crippen molar-refractivity contribution in [1.82, 2.24) is 0 Å². The van der Waals surface area contributed by atoms with Crippen molar-refractivity contribution >= 4 is 23.3 Å². The molecule has 0 aromatic heterocycles. The number of para-hydroxylation sites is 1. The molecular weight excluding hydrogens is 350 g/mol. The Morgan fingerprint density at radius 3 is 2.44 bits per heavy atom. The van der Waals surface area contributed by atoms with Gasteiger partial charge in [-0.2, -0.15) is 0 Å². The summed E-state index contributed by atoms with van der Waals surface area (Å²) in [5.41, 5.74) is 0.981. The van der Waals surface area contributed by atoms with Gasteiger partial charge in [0, 0.05) is 5.56 Å². The molecule has 7 nitrogen and oxygen atoms in total. The van der Waals surface area contributed by atoms with Gasteiger partial charge in [0.05, 0.1) is 25.0 Å². The van der Waals surface area contributed by atoms with E-state index in [9.17, 15) is 14.4 Å². The molecule has 1 N–H and O–H groups in total. The lowest BCUT2D eigenvalue weighted by Gasteiger charge is -2.11. The number of nitrogens with one attached hydrogen (secondary N) is 1. The van der Waals surface area contributed by atoms with Gasteiger partial charge < -0.3 is 19.5 Å². The molecule has 0 saturated carbocycles. The summed E-state index contributed by atoms with van der Waals surface area (Å²) >= 11 is 0. The molecule has 0 aliphatic carbocycles. The third-order valence-electron chi connectivity index (χ3n) is 3.61. The summed E-state index contributed by atoms with van der Waals surface area (Å²) in [6.45, 7) is 3.22. The predicted molar refractivity (Wildman–Crippen MR) is 99.5 cm³/mol. The number of ether oxygens (including phenoxy) is 3. The first-order chi connectivity index (χ1) is 13.0. The van der Waals surface area contributed by atoms with Crippen LogP contribution in [-0.4, -0.2) is 38.0 Å². The molecule has 0 spiro atoms. The Hall–Kier alpha value is -3.35. The van der Waals surface area contributed by atoms with Gasteiger partial charge in [-0.25, -0.2) is 4.79 Å². The van der Waals surface area contributed by atoms with Crippen LogP contribution >= 0.6 is 0 Å². The fourth-order valence-corrected chi connectivity index (χ4v) is 2.37. The largest absolute Gasteiger partial charge is 0.493 e. The average molecular weight is 371 g/mol. The smallest absolute Gasteiger partial charge is 0.338 e. The summed E-state index contributed by atoms with van der Waals surface area (Å²) < 4.78 is 15.6. The number of esters is 1. The number of ketones is 1. The number of rotatable bonds is 8. The molecule has 0 bridgehead atoms. The zero-order chi connectivity index (χ0) is 19.8. The molecule has 0 fully saturated rings. The third-order valence-corrected chi connectivity index (χ3v) is 3.61. The minimum absolute atomic E-state index is 0.177. The van der Waals surface area contributed by atoms with Crippen molar-refractivity contribution < 1.29 is 28.6 Å². The molecule has 0 radical (unpaired) electrons. The third kappa shape index (κ3) is 5.31. The minimum atomic E-state index is -0.675. The molecule has 0 saturated heterocycles. The molecule has 0 atom stereocenters. The monoisotopic (exact) mass is 371 g/mol. The molecule has 2 aromatic carbocycles. The Balaban J connectivity index is 1.99. The maximum absolute atomic E-state index is 12.2. The quantitative estimate of drug-likeness (QED) is 0.566. The van der Waals surface area contributed by atoms with Gasteiger partial charge in [-0.1, -0.05) is 12.1 Å². The molecule has 7 heteroatoms. The molecule has 0 heterocycles. The second kappa shape index (κ2) is 9.38. The van der Waals surface area contributed by atoms with E-state index < -0.39 is 18.5 Å². The Bertz CT molecular complexity index is 846. The fraction of sp³-hybridized carbons (Fsp3) is 0.250. The Kier molecular flexibility index (Phi) is 6.93. The summed E-state index contributed by atoms with van der Waals surface area (Å²) in [5, 5.41) is 2.57. The van der Waals surface area contributed by atoms with E-state index in [0.29, 0.717) is 29.4 Å². The van der Waals surface area contributed by atoms with Crippen molar-refractivity contribution in [3.8, 4) is 11.5 Å². The van der Waals surface area contributed by atoms with Crippen molar-refractivity contribution in [1.29, 1.82) is 0 Å². The fourth-order valence-electron chi connectivity index (χ4n) is 2.37. The van der Waals surface area contributed by atoms with E-state index in [0.717, 1.165) is 0 Å². The number of benzene rings is 2. The van der Waals surface area contributed by atoms with E-state index in [1.807, 2.05) is 6.92 Å². The number of hydrogen-bond donors (Lipinski definition) is 1. The van der Waals surface area contributed by atoms with Crippen molar-refractivity contribution in [2.45, 2.75) is 13.8 Å². The maximum Gasteiger partial charge on any atom is 0.338 e. The number of Topliss-reactive ketones (excluding diaryl/α,β-unsaturated/α-hetero) is 1. The molecule has 0 aliphatic rings. The lowest BCUT2D eigenvalue weighted by atomic mass is 10.1. The van der Waals surface area contributed by atoms with Crippen LogP contribution in [0.4, 0.5) is 5.69 Å². The standard InChI is InChI=1S/C20H21NO6/c1-4-26-17-10-9-14(11-18(17)25-3)20(24)27-12-19(23)21-16-8-6-5-7-15(16)13(2)22/h5-11H,4,12H2,1-3H3,(H,21,23). The van der Waals surface area contributed by atoms with Crippen molar-refractivity contribution in [3.63, 3.8) is 0 Å². The zero-order valence-electron chi connectivity index (χ0n) is 15.4. The van der Waals surface area contributed by atoms with Gasteiger partial charge in [0.1, 0.15) is 0 Å². The first kappa shape index (κ1) is 20.0. The number of carbonyl (C=O) groups is 3. The number of hydrogen-bond acceptors (Lipinski definition) is 6. The van der Waals surface area contributed by atoms with Crippen LogP contribution in [0.1, 0.15) is 34.6 Å². The van der Waals surface area contributed by atoms with Crippen LogP contribution < -0.4 is 14.8 Å². The van der Waals surface area contributed by atoms with Gasteiger partial charge in [0.2, 0.25) is 0 Å². The van der Waals surface area contributed by atoms with E-state index in [1.165, 1.54) is 26.2 Å². The zero-order valence-corrected chi connectivity index (χ0v) is 15.4. The van der Waals surface area contributed by atoms with Gasteiger partial charge in [0.25, 0.3) is 5.91 Å². The van der Waals surface area contributed by atoms with E-state index >= 15 is 0 Å². The first-order valence-electron chi connectivity index (χ1n) is 8.34. The summed E-state index contributed by atoms with van der Waals surface area (Å²) in [7, 11) is 1.47. The summed E-state index contributed by atoms with van der Waals surface area (Å²) in [6, 6.07) is 11.2. The van der Waals surface area contributed by atoms with Crippen LogP contribution in [0, 0.1) is 0 Å². The van der Waals surface area contributed by atoms with Crippen LogP contribution in [0.3, 0.4) is 0 Å². The van der Waals surface area contributed by atoms with E-state index in [2.05, 4.69) is 5.32 Å². The topological polar surface area (TPSA) is 90.9 Å². The van der Waals surface area contributed by atoms with E-state index in [-0.39, 0.29) is 11.3 Å². The highest BCUT2D eigenvalue weighted by molar-refractivity contribution is 6.04. The molecule has 27 heavy (non-hydrogen) atoms. The van der Waals surface area contributed by atoms with Crippen LogP contribution in [0.15, 0.2) is 42.5 Å². The van der Waals surface area contributed by atoms with Gasteiger partial charge >= 0.3 is 5.97 Å². The van der Waals surface area contributed by atoms with Crippen LogP contribution in [0.25, 0.3) is 0 Å². The predicted octanol–water partition coefficient (Wildman–Crippen LogP) is 3.09. The highest BCUT2D eigenvalue weighted by Crippen LogP contribution is 2.28. The van der Waals surface area contributed by atoms with Crippen LogP contribution in [0.2, 0.25) is 0 Å². The number of anilines is 1. The van der Waals surface area contributed by atoms with Crippen molar-refractivity contribution in [2.24, 2.45) is 0 Å². The van der Waals surface area contributed by atoms with E-state index in [4.69, 9.17) is 14.2 Å². The molecular formula is C20H21NO6. The van der Waals surface area contributed by atoms with Crippen LogP contribution in [-0.2, 0) is 9.53 Å². The lowest BCUT2D eigenvalue weighted by molar-refractivity contribution is -0.119. The highest BCUT2D eigenvalue weighted by atomic mass is 16.5. The van der Waals surface area contributed by atoms with Gasteiger partial charge in [0.15, 0.2) is 23.9 Å². The molecule has 142 valence electrons.